The Morgan fingerprint density at radius 2 is 2.54 bits per heavy atom. The molecule has 2 atom stereocenters. The largest absolute Gasteiger partial charge is 0.476 e. The van der Waals surface area contributed by atoms with Crippen LogP contribution >= 0.6 is 0 Å². The van der Waals surface area contributed by atoms with Crippen molar-refractivity contribution in [1.82, 2.24) is 5.43 Å². The number of fused-ring (bicyclic) bond motifs is 2. The number of aliphatic carboxylic acids is 1. The zero-order chi connectivity index (χ0) is 9.00. The topological polar surface area (TPSA) is 61.7 Å². The third kappa shape index (κ3) is 0.854. The van der Waals surface area contributed by atoms with E-state index >= 15 is 0 Å². The number of hydrogen-bond acceptors (Lipinski definition) is 3. The molecule has 0 aromatic carbocycles. The zero-order valence-corrected chi connectivity index (χ0v) is 6.82. The first-order chi connectivity index (χ1) is 6.25. The van der Waals surface area contributed by atoms with Gasteiger partial charge in [-0.3, -0.25) is 0 Å². The maximum atomic E-state index is 10.7. The van der Waals surface area contributed by atoms with Crippen LogP contribution < -0.4 is 5.43 Å². The SMILES string of the molecule is O=C(O)C1=NNC2CC3C=C3C=C12. The fraction of sp³-hybridized carbons (Fsp3) is 0.333. The highest BCUT2D eigenvalue weighted by Gasteiger charge is 2.39. The van der Waals surface area contributed by atoms with Crippen molar-refractivity contribution < 1.29 is 9.90 Å². The van der Waals surface area contributed by atoms with E-state index in [1.54, 1.807) is 0 Å². The molecule has 0 fully saturated rings. The molecule has 0 spiro atoms. The van der Waals surface area contributed by atoms with E-state index in [4.69, 9.17) is 5.11 Å². The second-order valence-electron chi connectivity index (χ2n) is 3.56. The minimum atomic E-state index is -0.944. The summed E-state index contributed by atoms with van der Waals surface area (Å²) in [5.74, 6) is -0.370. The molecule has 66 valence electrons. The van der Waals surface area contributed by atoms with Gasteiger partial charge in [-0.05, 0) is 12.0 Å². The maximum Gasteiger partial charge on any atom is 0.356 e. The average molecular weight is 176 g/mol. The van der Waals surface area contributed by atoms with Crippen molar-refractivity contribution in [2.24, 2.45) is 11.0 Å². The number of carboxylic acids is 1. The van der Waals surface area contributed by atoms with Crippen molar-refractivity contribution >= 4 is 11.7 Å². The van der Waals surface area contributed by atoms with Crippen molar-refractivity contribution in [1.29, 1.82) is 0 Å². The van der Waals surface area contributed by atoms with E-state index in [0.29, 0.717) is 5.92 Å². The Morgan fingerprint density at radius 1 is 1.69 bits per heavy atom. The summed E-state index contributed by atoms with van der Waals surface area (Å²) in [4.78, 5) is 10.7. The summed E-state index contributed by atoms with van der Waals surface area (Å²) in [7, 11) is 0. The summed E-state index contributed by atoms with van der Waals surface area (Å²) in [5.41, 5.74) is 5.14. The van der Waals surface area contributed by atoms with Crippen LogP contribution in [0.2, 0.25) is 0 Å². The lowest BCUT2D eigenvalue weighted by atomic mass is 9.92. The molecule has 3 aliphatic rings. The van der Waals surface area contributed by atoms with Crippen LogP contribution in [0.15, 0.2) is 28.4 Å². The lowest BCUT2D eigenvalue weighted by Crippen LogP contribution is -2.26. The van der Waals surface area contributed by atoms with E-state index in [-0.39, 0.29) is 11.8 Å². The van der Waals surface area contributed by atoms with Gasteiger partial charge in [0, 0.05) is 11.5 Å². The van der Waals surface area contributed by atoms with Crippen LogP contribution in [-0.4, -0.2) is 22.8 Å². The van der Waals surface area contributed by atoms with Gasteiger partial charge in [-0.15, -0.1) is 0 Å². The van der Waals surface area contributed by atoms with Gasteiger partial charge in [0.25, 0.3) is 0 Å². The van der Waals surface area contributed by atoms with Crippen molar-refractivity contribution in [3.05, 3.63) is 23.3 Å². The van der Waals surface area contributed by atoms with Crippen molar-refractivity contribution in [3.8, 4) is 0 Å². The van der Waals surface area contributed by atoms with Crippen LogP contribution in [0.1, 0.15) is 6.42 Å². The number of rotatable bonds is 1. The van der Waals surface area contributed by atoms with Crippen LogP contribution in [0.3, 0.4) is 0 Å². The number of nitrogens with one attached hydrogen (secondary N) is 1. The molecule has 1 aliphatic heterocycles. The van der Waals surface area contributed by atoms with Gasteiger partial charge in [0.15, 0.2) is 5.71 Å². The van der Waals surface area contributed by atoms with Crippen molar-refractivity contribution in [2.45, 2.75) is 12.5 Å². The molecule has 4 heteroatoms. The Hall–Kier alpha value is -1.58. The smallest absolute Gasteiger partial charge is 0.356 e. The van der Waals surface area contributed by atoms with Crippen LogP contribution in [0, 0.1) is 5.92 Å². The van der Waals surface area contributed by atoms with Gasteiger partial charge in [0.2, 0.25) is 0 Å². The summed E-state index contributed by atoms with van der Waals surface area (Å²) >= 11 is 0. The standard InChI is InChI=1S/C9H8N2O2/c12-9(13)8-6-2-4-1-5(4)3-7(6)10-11-8/h1-2,5,7,10H,3H2,(H,12,13). The molecule has 4 nitrogen and oxygen atoms in total. The number of carbonyl (C=O) groups is 1. The summed E-state index contributed by atoms with van der Waals surface area (Å²) < 4.78 is 0. The summed E-state index contributed by atoms with van der Waals surface area (Å²) in [6.07, 6.45) is 5.07. The van der Waals surface area contributed by atoms with Crippen LogP contribution in [0.5, 0.6) is 0 Å². The molecule has 0 bridgehead atoms. The first kappa shape index (κ1) is 6.88. The van der Waals surface area contributed by atoms with E-state index in [2.05, 4.69) is 16.6 Å². The molecule has 0 aromatic rings. The van der Waals surface area contributed by atoms with E-state index < -0.39 is 5.97 Å². The van der Waals surface area contributed by atoms with E-state index in [9.17, 15) is 4.79 Å². The van der Waals surface area contributed by atoms with Crippen LogP contribution in [-0.2, 0) is 4.79 Å². The average Bonchev–Trinajstić information content (AvgIpc) is 2.70. The van der Waals surface area contributed by atoms with Gasteiger partial charge in [-0.25, -0.2) is 4.79 Å². The van der Waals surface area contributed by atoms with Gasteiger partial charge in [-0.2, -0.15) is 5.10 Å². The highest BCUT2D eigenvalue weighted by atomic mass is 16.4. The molecule has 2 unspecified atom stereocenters. The van der Waals surface area contributed by atoms with Gasteiger partial charge in [-0.1, -0.05) is 12.2 Å². The van der Waals surface area contributed by atoms with Gasteiger partial charge in [0.1, 0.15) is 0 Å². The zero-order valence-electron chi connectivity index (χ0n) is 6.82. The van der Waals surface area contributed by atoms with Crippen molar-refractivity contribution in [2.75, 3.05) is 0 Å². The predicted octanol–water partition coefficient (Wildman–Crippen LogP) is 0.285. The Morgan fingerprint density at radius 3 is 3.31 bits per heavy atom. The molecule has 2 aliphatic carbocycles. The van der Waals surface area contributed by atoms with Gasteiger partial charge < -0.3 is 10.5 Å². The highest BCUT2D eigenvalue weighted by Crippen LogP contribution is 2.41. The fourth-order valence-corrected chi connectivity index (χ4v) is 1.94. The molecular formula is C9H8N2O2. The molecule has 1 heterocycles. The third-order valence-electron chi connectivity index (χ3n) is 2.71. The Kier molecular flexibility index (Phi) is 1.07. The predicted molar refractivity (Wildman–Crippen MR) is 46.3 cm³/mol. The molecule has 2 N–H and O–H groups in total. The van der Waals surface area contributed by atoms with Gasteiger partial charge in [0.05, 0.1) is 6.04 Å². The van der Waals surface area contributed by atoms with Gasteiger partial charge >= 0.3 is 5.97 Å². The summed E-state index contributed by atoms with van der Waals surface area (Å²) in [6.45, 7) is 0. The molecule has 3 rings (SSSR count). The molecule has 0 saturated carbocycles. The van der Waals surface area contributed by atoms with Crippen molar-refractivity contribution in [3.63, 3.8) is 0 Å². The number of nitrogens with zero attached hydrogens (tertiary/aromatic N) is 1. The number of hydrazone groups is 1. The molecule has 13 heavy (non-hydrogen) atoms. The van der Waals surface area contributed by atoms with Crippen LogP contribution in [0.4, 0.5) is 0 Å². The van der Waals surface area contributed by atoms with E-state index in [1.807, 2.05) is 6.08 Å². The molecule has 0 radical (unpaired) electrons. The Labute approximate surface area is 74.6 Å². The monoisotopic (exact) mass is 176 g/mol. The lowest BCUT2D eigenvalue weighted by Gasteiger charge is -2.15. The Bertz CT molecular complexity index is 392. The lowest BCUT2D eigenvalue weighted by molar-refractivity contribution is -0.129. The second-order valence-corrected chi connectivity index (χ2v) is 3.56. The quantitative estimate of drug-likeness (QED) is 0.603. The van der Waals surface area contributed by atoms with E-state index in [1.165, 1.54) is 5.57 Å². The molecule has 0 saturated heterocycles. The molecular weight excluding hydrogens is 168 g/mol. The minimum Gasteiger partial charge on any atom is -0.476 e. The summed E-state index contributed by atoms with van der Waals surface area (Å²) in [5, 5.41) is 12.6. The third-order valence-corrected chi connectivity index (χ3v) is 2.71. The van der Waals surface area contributed by atoms with Crippen LogP contribution in [0.25, 0.3) is 0 Å². The maximum absolute atomic E-state index is 10.7. The number of carboxylic acid groups (broad SMARTS) is 1. The second kappa shape index (κ2) is 2.02. The van der Waals surface area contributed by atoms with E-state index in [0.717, 1.165) is 12.0 Å². The number of allylic oxidation sites excluding steroid dienone is 3. The molecule has 0 aromatic heterocycles. The molecule has 0 amide bonds. The minimum absolute atomic E-state index is 0.124. The first-order valence-electron chi connectivity index (χ1n) is 4.26. The summed E-state index contributed by atoms with van der Waals surface area (Å²) in [6, 6.07) is 0.124. The normalized spacial score (nSPS) is 33.4. The number of hydrogen-bond donors (Lipinski definition) is 2. The fourth-order valence-electron chi connectivity index (χ4n) is 1.94. The highest BCUT2D eigenvalue weighted by molar-refractivity contribution is 6.43. The Balaban J connectivity index is 2.00. The first-order valence-corrected chi connectivity index (χ1v) is 4.26.